The number of amides is 2. The van der Waals surface area contributed by atoms with Gasteiger partial charge in [0.1, 0.15) is 18.8 Å². The van der Waals surface area contributed by atoms with Crippen molar-refractivity contribution in [3.63, 3.8) is 0 Å². The van der Waals surface area contributed by atoms with Crippen LogP contribution in [-0.2, 0) is 16.1 Å². The molecule has 0 bridgehead atoms. The summed E-state index contributed by atoms with van der Waals surface area (Å²) in [6.07, 6.45) is 1.81. The van der Waals surface area contributed by atoms with Crippen molar-refractivity contribution in [1.82, 2.24) is 5.43 Å². The molecule has 0 spiro atoms. The molecule has 7 heteroatoms. The summed E-state index contributed by atoms with van der Waals surface area (Å²) in [5.41, 5.74) is 11.1. The van der Waals surface area contributed by atoms with Crippen molar-refractivity contribution in [3.8, 4) is 0 Å². The third-order valence-corrected chi connectivity index (χ3v) is 4.93. The minimum atomic E-state index is -0.552. The quantitative estimate of drug-likeness (QED) is 0.708. The number of benzene rings is 1. The number of aliphatic imine (C=N–C) groups is 1. The number of para-hydroxylation sites is 1. The van der Waals surface area contributed by atoms with Crippen molar-refractivity contribution in [2.75, 3.05) is 25.5 Å². The maximum Gasteiger partial charge on any atom is 0.281 e. The van der Waals surface area contributed by atoms with Gasteiger partial charge in [0, 0.05) is 5.69 Å². The van der Waals surface area contributed by atoms with Gasteiger partial charge >= 0.3 is 0 Å². The molecule has 0 saturated carbocycles. The summed E-state index contributed by atoms with van der Waals surface area (Å²) in [5, 5.41) is 2.97. The first-order valence-corrected chi connectivity index (χ1v) is 8.74. The summed E-state index contributed by atoms with van der Waals surface area (Å²) in [6.45, 7) is 3.63. The predicted octanol–water partition coefficient (Wildman–Crippen LogP) is 0.815. The number of hydrogen-bond donors (Lipinski definition) is 3. The lowest BCUT2D eigenvalue weighted by Gasteiger charge is -2.40. The molecule has 4 N–H and O–H groups in total. The van der Waals surface area contributed by atoms with Crippen molar-refractivity contribution >= 4 is 23.2 Å². The number of fused-ring (bicyclic) bond motifs is 1. The molecule has 3 rings (SSSR count). The molecule has 7 nitrogen and oxygen atoms in total. The molecule has 2 amide bonds. The van der Waals surface area contributed by atoms with E-state index in [9.17, 15) is 9.59 Å². The third kappa shape index (κ3) is 3.88. The molecule has 0 radical (unpaired) electrons. The third-order valence-electron chi connectivity index (χ3n) is 4.93. The van der Waals surface area contributed by atoms with E-state index >= 15 is 0 Å². The van der Waals surface area contributed by atoms with Crippen molar-refractivity contribution < 1.29 is 14.2 Å². The number of likely N-dealkylation sites (tertiary alicyclic amines) is 1. The van der Waals surface area contributed by atoms with Gasteiger partial charge in [-0.3, -0.25) is 14.6 Å². The SMILES string of the molecule is C[C@H](N)C(=O)N[N+]1(C)CCCC(C2=NCc3ccccc3NC2=O)C1. The number of rotatable bonds is 3. The highest BCUT2D eigenvalue weighted by atomic mass is 16.2. The summed E-state index contributed by atoms with van der Waals surface area (Å²) in [7, 11) is 1.97. The summed E-state index contributed by atoms with van der Waals surface area (Å²) >= 11 is 0. The molecule has 2 heterocycles. The van der Waals surface area contributed by atoms with Gasteiger partial charge in [0.2, 0.25) is 0 Å². The first-order chi connectivity index (χ1) is 11.9. The Kier molecular flexibility index (Phi) is 4.87. The Labute approximate surface area is 147 Å². The van der Waals surface area contributed by atoms with Gasteiger partial charge in [-0.25, -0.2) is 10.0 Å². The van der Waals surface area contributed by atoms with Crippen LogP contribution in [0.2, 0.25) is 0 Å². The number of anilines is 1. The maximum absolute atomic E-state index is 12.7. The van der Waals surface area contributed by atoms with Gasteiger partial charge in [0.05, 0.1) is 25.6 Å². The molecule has 25 heavy (non-hydrogen) atoms. The largest absolute Gasteiger partial charge is 0.321 e. The molecule has 2 aliphatic heterocycles. The molecule has 134 valence electrons. The highest BCUT2D eigenvalue weighted by molar-refractivity contribution is 6.44. The molecular weight excluding hydrogens is 318 g/mol. The lowest BCUT2D eigenvalue weighted by molar-refractivity contribution is -0.949. The van der Waals surface area contributed by atoms with Crippen LogP contribution in [0.25, 0.3) is 0 Å². The first-order valence-electron chi connectivity index (χ1n) is 8.74. The highest BCUT2D eigenvalue weighted by Crippen LogP contribution is 2.25. The van der Waals surface area contributed by atoms with Gasteiger partial charge in [0.25, 0.3) is 11.8 Å². The number of quaternary nitrogens is 1. The normalized spacial score (nSPS) is 27.4. The Morgan fingerprint density at radius 2 is 2.20 bits per heavy atom. The van der Waals surface area contributed by atoms with Crippen LogP contribution < -0.4 is 16.5 Å². The molecule has 2 unspecified atom stereocenters. The molecule has 3 atom stereocenters. The first kappa shape index (κ1) is 17.6. The summed E-state index contributed by atoms with van der Waals surface area (Å²) < 4.78 is 0.379. The van der Waals surface area contributed by atoms with E-state index < -0.39 is 6.04 Å². The van der Waals surface area contributed by atoms with Gasteiger partial charge in [0.15, 0.2) is 0 Å². The van der Waals surface area contributed by atoms with Crippen molar-refractivity contribution in [2.45, 2.75) is 32.4 Å². The predicted molar refractivity (Wildman–Crippen MR) is 96.6 cm³/mol. The average molecular weight is 344 g/mol. The minimum Gasteiger partial charge on any atom is -0.321 e. The van der Waals surface area contributed by atoms with Gasteiger partial charge in [-0.05, 0) is 31.4 Å². The van der Waals surface area contributed by atoms with Crippen molar-refractivity contribution in [1.29, 1.82) is 0 Å². The van der Waals surface area contributed by atoms with E-state index in [1.165, 1.54) is 0 Å². The second kappa shape index (κ2) is 6.93. The molecule has 0 aromatic heterocycles. The molecule has 2 aliphatic rings. The summed E-state index contributed by atoms with van der Waals surface area (Å²) in [4.78, 5) is 29.3. The molecule has 0 aliphatic carbocycles. The Morgan fingerprint density at radius 1 is 1.44 bits per heavy atom. The van der Waals surface area contributed by atoms with E-state index in [2.05, 4.69) is 15.7 Å². The summed E-state index contributed by atoms with van der Waals surface area (Å²) in [5.74, 6) is -0.300. The number of carbonyl (C=O) groups excluding carboxylic acids is 2. The monoisotopic (exact) mass is 344 g/mol. The van der Waals surface area contributed by atoms with Crippen LogP contribution in [0.3, 0.4) is 0 Å². The van der Waals surface area contributed by atoms with Crippen LogP contribution >= 0.6 is 0 Å². The van der Waals surface area contributed by atoms with Gasteiger partial charge < -0.3 is 11.1 Å². The van der Waals surface area contributed by atoms with Gasteiger partial charge in [-0.2, -0.15) is 0 Å². The fourth-order valence-corrected chi connectivity index (χ4v) is 3.57. The smallest absolute Gasteiger partial charge is 0.281 e. The van der Waals surface area contributed by atoms with E-state index in [1.807, 2.05) is 31.3 Å². The second-order valence-corrected chi connectivity index (χ2v) is 7.22. The van der Waals surface area contributed by atoms with Crippen LogP contribution in [0.5, 0.6) is 0 Å². The topological polar surface area (TPSA) is 96.6 Å². The van der Waals surface area contributed by atoms with E-state index in [4.69, 9.17) is 5.73 Å². The lowest BCUT2D eigenvalue weighted by atomic mass is 9.92. The summed E-state index contributed by atoms with van der Waals surface area (Å²) in [6, 6.07) is 7.18. The van der Waals surface area contributed by atoms with Crippen LogP contribution in [0, 0.1) is 5.92 Å². The Morgan fingerprint density at radius 3 is 2.96 bits per heavy atom. The van der Waals surface area contributed by atoms with E-state index in [0.29, 0.717) is 23.4 Å². The Balaban J connectivity index is 1.76. The van der Waals surface area contributed by atoms with Crippen LogP contribution in [-0.4, -0.2) is 48.3 Å². The number of carbonyl (C=O) groups is 2. The van der Waals surface area contributed by atoms with Crippen molar-refractivity contribution in [3.05, 3.63) is 29.8 Å². The minimum absolute atomic E-state index is 0.0152. The fourth-order valence-electron chi connectivity index (χ4n) is 3.57. The zero-order valence-corrected chi connectivity index (χ0v) is 14.8. The zero-order valence-electron chi connectivity index (χ0n) is 14.8. The number of hydrogen-bond acceptors (Lipinski definition) is 4. The lowest BCUT2D eigenvalue weighted by Crippen LogP contribution is -2.64. The number of nitrogens with one attached hydrogen (secondary N) is 2. The second-order valence-electron chi connectivity index (χ2n) is 7.22. The number of nitrogens with zero attached hydrogens (tertiary/aromatic N) is 2. The zero-order chi connectivity index (χ0) is 18.0. The van der Waals surface area contributed by atoms with E-state index in [0.717, 1.165) is 30.6 Å². The highest BCUT2D eigenvalue weighted by Gasteiger charge is 2.38. The van der Waals surface area contributed by atoms with Gasteiger partial charge in [-0.1, -0.05) is 18.2 Å². The van der Waals surface area contributed by atoms with E-state index in [-0.39, 0.29) is 17.7 Å². The molecular formula is C18H26N5O2+. The molecule has 1 aromatic rings. The fraction of sp³-hybridized carbons (Fsp3) is 0.500. The van der Waals surface area contributed by atoms with E-state index in [1.54, 1.807) is 6.92 Å². The van der Waals surface area contributed by atoms with Crippen LogP contribution in [0.1, 0.15) is 25.3 Å². The standard InChI is InChI=1S/C18H25N5O2/c1-12(19)17(24)22-23(2)9-5-7-14(11-23)16-18(25)21-15-8-4-3-6-13(15)10-20-16/h3-4,6,8,12,14H,5,7,9-11,19H2,1-2H3,(H-,21,22,24,25)/p+1/t12-,14?,23?/m0/s1. The maximum atomic E-state index is 12.7. The Hall–Kier alpha value is -2.25. The van der Waals surface area contributed by atoms with Gasteiger partial charge in [-0.15, -0.1) is 0 Å². The van der Waals surface area contributed by atoms with Crippen LogP contribution in [0.4, 0.5) is 5.69 Å². The van der Waals surface area contributed by atoms with Crippen LogP contribution in [0.15, 0.2) is 29.3 Å². The van der Waals surface area contributed by atoms with Crippen molar-refractivity contribution in [2.24, 2.45) is 16.6 Å². The number of piperidine rings is 1. The Bertz CT molecular complexity index is 715. The number of nitrogens with two attached hydrogens (primary N) is 1. The molecule has 1 fully saturated rings. The molecule has 1 aromatic carbocycles. The average Bonchev–Trinajstić information content (AvgIpc) is 2.72. The molecule has 1 saturated heterocycles.